The van der Waals surface area contributed by atoms with Gasteiger partial charge in [-0.25, -0.2) is 4.39 Å². The number of rotatable bonds is 5. The molecule has 0 radical (unpaired) electrons. The molecule has 1 aromatic carbocycles. The summed E-state index contributed by atoms with van der Waals surface area (Å²) in [5, 5.41) is 11.5. The lowest BCUT2D eigenvalue weighted by Crippen LogP contribution is -2.05. The second-order valence-electron chi connectivity index (χ2n) is 4.59. The van der Waals surface area contributed by atoms with Crippen LogP contribution < -0.4 is 0 Å². The predicted octanol–water partition coefficient (Wildman–Crippen LogP) is 4.52. The monoisotopic (exact) mass is 326 g/mol. The highest BCUT2D eigenvalue weighted by Crippen LogP contribution is 2.21. The maximum absolute atomic E-state index is 13.7. The summed E-state index contributed by atoms with van der Waals surface area (Å²) in [5.41, 5.74) is 0.234. The highest BCUT2D eigenvalue weighted by atomic mass is 35.5. The minimum absolute atomic E-state index is 0.234. The van der Waals surface area contributed by atoms with Gasteiger partial charge in [0.15, 0.2) is 5.82 Å². The molecule has 0 aliphatic rings. The molecule has 1 aromatic heterocycles. The molecule has 0 amide bonds. The van der Waals surface area contributed by atoms with Crippen LogP contribution in [-0.2, 0) is 0 Å². The van der Waals surface area contributed by atoms with Crippen molar-refractivity contribution in [1.82, 2.24) is 14.9 Å². The van der Waals surface area contributed by atoms with Crippen LogP contribution in [0.15, 0.2) is 23.3 Å². The van der Waals surface area contributed by atoms with Crippen molar-refractivity contribution in [3.63, 3.8) is 0 Å². The fourth-order valence-corrected chi connectivity index (χ4v) is 2.48. The summed E-state index contributed by atoms with van der Waals surface area (Å²) in [6.45, 7) is 4.15. The van der Waals surface area contributed by atoms with E-state index in [4.69, 9.17) is 23.8 Å². The minimum Gasteiger partial charge on any atom is -0.250 e. The number of nitrogens with zero attached hydrogens (tertiary/aromatic N) is 3. The average Bonchev–Trinajstić information content (AvgIpc) is 2.82. The van der Waals surface area contributed by atoms with Crippen LogP contribution in [-0.4, -0.2) is 21.1 Å². The number of aromatic amines is 1. The van der Waals surface area contributed by atoms with Crippen molar-refractivity contribution >= 4 is 30.0 Å². The Hall–Kier alpha value is -1.53. The summed E-state index contributed by atoms with van der Waals surface area (Å²) in [6, 6.07) is 4.50. The molecule has 1 heterocycles. The number of hydrogen-bond acceptors (Lipinski definition) is 3. The lowest BCUT2D eigenvalue weighted by Gasteiger charge is -2.10. The van der Waals surface area contributed by atoms with Crippen molar-refractivity contribution in [2.75, 3.05) is 0 Å². The number of H-pyrrole nitrogens is 1. The topological polar surface area (TPSA) is 46.0 Å². The van der Waals surface area contributed by atoms with E-state index in [-0.39, 0.29) is 11.5 Å². The third kappa shape index (κ3) is 3.39. The van der Waals surface area contributed by atoms with Gasteiger partial charge in [0.1, 0.15) is 5.82 Å². The van der Waals surface area contributed by atoms with E-state index in [9.17, 15) is 4.39 Å². The smallest absolute Gasteiger partial charge is 0.216 e. The van der Waals surface area contributed by atoms with Gasteiger partial charge >= 0.3 is 0 Å². The summed E-state index contributed by atoms with van der Waals surface area (Å²) in [7, 11) is 0. The molecule has 4 nitrogen and oxygen atoms in total. The van der Waals surface area contributed by atoms with Crippen LogP contribution in [0.25, 0.3) is 0 Å². The van der Waals surface area contributed by atoms with Gasteiger partial charge in [0.2, 0.25) is 4.77 Å². The molecule has 0 spiro atoms. The Kier molecular flexibility index (Phi) is 5.25. The van der Waals surface area contributed by atoms with Crippen molar-refractivity contribution in [2.45, 2.75) is 32.6 Å². The van der Waals surface area contributed by atoms with E-state index in [1.165, 1.54) is 17.0 Å². The highest BCUT2D eigenvalue weighted by molar-refractivity contribution is 7.71. The molecule has 21 heavy (non-hydrogen) atoms. The first-order valence-corrected chi connectivity index (χ1v) is 7.52. The molecule has 0 bridgehead atoms. The molecular formula is C14H16ClFN4S. The second-order valence-corrected chi connectivity index (χ2v) is 5.39. The van der Waals surface area contributed by atoms with E-state index in [1.54, 1.807) is 12.1 Å². The molecule has 112 valence electrons. The number of aromatic nitrogens is 3. The van der Waals surface area contributed by atoms with Crippen LogP contribution in [0.4, 0.5) is 4.39 Å². The van der Waals surface area contributed by atoms with Gasteiger partial charge in [-0.2, -0.15) is 14.9 Å². The van der Waals surface area contributed by atoms with Crippen LogP contribution in [0.1, 0.15) is 44.0 Å². The Morgan fingerprint density at radius 3 is 2.81 bits per heavy atom. The number of hydrogen-bond donors (Lipinski definition) is 1. The molecule has 0 fully saturated rings. The summed E-state index contributed by atoms with van der Waals surface area (Å²) < 4.78 is 15.6. The van der Waals surface area contributed by atoms with Crippen LogP contribution in [0.3, 0.4) is 0 Å². The van der Waals surface area contributed by atoms with E-state index >= 15 is 0 Å². The van der Waals surface area contributed by atoms with E-state index in [0.717, 1.165) is 18.7 Å². The fraction of sp³-hybridized carbons (Fsp3) is 0.357. The van der Waals surface area contributed by atoms with Crippen LogP contribution in [0.2, 0.25) is 5.02 Å². The molecule has 0 saturated carbocycles. The number of halogens is 2. The van der Waals surface area contributed by atoms with Gasteiger partial charge in [0.25, 0.3) is 0 Å². The zero-order chi connectivity index (χ0) is 15.4. The van der Waals surface area contributed by atoms with Crippen molar-refractivity contribution in [3.8, 4) is 0 Å². The highest BCUT2D eigenvalue weighted by Gasteiger charge is 2.15. The maximum atomic E-state index is 13.7. The Bertz CT molecular complexity index is 683. The molecule has 0 atom stereocenters. The van der Waals surface area contributed by atoms with Crippen molar-refractivity contribution in [2.24, 2.45) is 5.10 Å². The molecule has 2 rings (SSSR count). The Morgan fingerprint density at radius 2 is 2.19 bits per heavy atom. The number of benzene rings is 1. The van der Waals surface area contributed by atoms with E-state index < -0.39 is 5.82 Å². The van der Waals surface area contributed by atoms with Crippen molar-refractivity contribution in [1.29, 1.82) is 0 Å². The first-order valence-electron chi connectivity index (χ1n) is 6.74. The molecule has 0 aliphatic heterocycles. The van der Waals surface area contributed by atoms with Crippen molar-refractivity contribution < 1.29 is 4.39 Å². The van der Waals surface area contributed by atoms with Gasteiger partial charge in [-0.15, -0.1) is 0 Å². The van der Waals surface area contributed by atoms with Gasteiger partial charge in [-0.05, 0) is 37.2 Å². The Labute approximate surface area is 132 Å². The molecule has 0 saturated heterocycles. The SMILES string of the molecule is CCC(CC)c1n[nH]c(=S)n1/N=C\c1c(F)cccc1Cl. The number of nitrogens with one attached hydrogen (secondary N) is 1. The lowest BCUT2D eigenvalue weighted by molar-refractivity contribution is 0.571. The van der Waals surface area contributed by atoms with Crippen LogP contribution in [0.5, 0.6) is 0 Å². The standard InChI is InChI=1S/C14H16ClFN4S/c1-3-9(4-2)13-18-19-14(21)20(13)17-8-10-11(15)6-5-7-12(10)16/h5-9H,3-4H2,1-2H3,(H,19,21)/b17-8-. The zero-order valence-electron chi connectivity index (χ0n) is 11.8. The second kappa shape index (κ2) is 6.95. The molecule has 0 unspecified atom stereocenters. The normalized spacial score (nSPS) is 11.7. The van der Waals surface area contributed by atoms with E-state index in [0.29, 0.717) is 9.79 Å². The quantitative estimate of drug-likeness (QED) is 0.648. The van der Waals surface area contributed by atoms with Gasteiger partial charge in [-0.3, -0.25) is 5.10 Å². The Morgan fingerprint density at radius 1 is 1.48 bits per heavy atom. The van der Waals surface area contributed by atoms with Crippen LogP contribution in [0, 0.1) is 10.6 Å². The van der Waals surface area contributed by atoms with Gasteiger partial charge in [0.05, 0.1) is 11.2 Å². The van der Waals surface area contributed by atoms with Gasteiger partial charge in [-0.1, -0.05) is 31.5 Å². The Balaban J connectivity index is 2.42. The minimum atomic E-state index is -0.426. The maximum Gasteiger partial charge on any atom is 0.216 e. The van der Waals surface area contributed by atoms with Gasteiger partial charge < -0.3 is 0 Å². The van der Waals surface area contributed by atoms with Gasteiger partial charge in [0, 0.05) is 11.5 Å². The molecule has 7 heteroatoms. The largest absolute Gasteiger partial charge is 0.250 e. The first-order chi connectivity index (χ1) is 10.1. The first kappa shape index (κ1) is 15.9. The fourth-order valence-electron chi connectivity index (χ4n) is 2.08. The summed E-state index contributed by atoms with van der Waals surface area (Å²) >= 11 is 11.1. The summed E-state index contributed by atoms with van der Waals surface area (Å²) in [6.07, 6.45) is 3.22. The summed E-state index contributed by atoms with van der Waals surface area (Å²) in [4.78, 5) is 0. The average molecular weight is 327 g/mol. The van der Waals surface area contributed by atoms with Crippen LogP contribution >= 0.6 is 23.8 Å². The molecular weight excluding hydrogens is 311 g/mol. The van der Waals surface area contributed by atoms with Crippen molar-refractivity contribution in [3.05, 3.63) is 45.2 Å². The predicted molar refractivity (Wildman–Crippen MR) is 85.1 cm³/mol. The molecule has 0 aliphatic carbocycles. The molecule has 1 N–H and O–H groups in total. The lowest BCUT2D eigenvalue weighted by atomic mass is 10.0. The van der Waals surface area contributed by atoms with E-state index in [1.807, 2.05) is 0 Å². The molecule has 2 aromatic rings. The third-order valence-corrected chi connectivity index (χ3v) is 3.92. The summed E-state index contributed by atoms with van der Waals surface area (Å²) in [5.74, 6) is 0.560. The zero-order valence-corrected chi connectivity index (χ0v) is 13.4. The third-order valence-electron chi connectivity index (χ3n) is 3.33. The van der Waals surface area contributed by atoms with E-state index in [2.05, 4.69) is 29.1 Å².